The fraction of sp³-hybridized carbons (Fsp3) is 0.250. The Morgan fingerprint density at radius 2 is 1.73 bits per heavy atom. The van der Waals surface area contributed by atoms with E-state index in [4.69, 9.17) is 37.7 Å². The van der Waals surface area contributed by atoms with Gasteiger partial charge < -0.3 is 19.0 Å². The molecule has 1 aromatic rings. The maximum atomic E-state index is 8.45. The van der Waals surface area contributed by atoms with E-state index in [1.807, 2.05) is 0 Å². The second-order valence-corrected chi connectivity index (χ2v) is 4.06. The molecule has 0 spiro atoms. The summed E-state index contributed by atoms with van der Waals surface area (Å²) < 4.78 is 9.73. The predicted molar refractivity (Wildman–Crippen MR) is 59.3 cm³/mol. The fourth-order valence-corrected chi connectivity index (χ4v) is 1.63. The standard InChI is InChI=1S/C8H9Cl2O4P/c9-6-2-1-3-7(10)8(6)13-4-5-14-15(11)12/h1-3,11-12H,4-5H2. The van der Waals surface area contributed by atoms with Crippen molar-refractivity contribution < 1.29 is 19.0 Å². The van der Waals surface area contributed by atoms with Gasteiger partial charge in [0.1, 0.15) is 6.61 Å². The third-order valence-electron chi connectivity index (χ3n) is 1.46. The highest BCUT2D eigenvalue weighted by atomic mass is 35.5. The first-order valence-corrected chi connectivity index (χ1v) is 5.91. The summed E-state index contributed by atoms with van der Waals surface area (Å²) in [6, 6.07) is 5.00. The van der Waals surface area contributed by atoms with Gasteiger partial charge in [-0.05, 0) is 12.1 Å². The number of rotatable bonds is 5. The van der Waals surface area contributed by atoms with Crippen molar-refractivity contribution >= 4 is 31.8 Å². The van der Waals surface area contributed by atoms with Crippen LogP contribution in [0.3, 0.4) is 0 Å². The molecule has 84 valence electrons. The van der Waals surface area contributed by atoms with Crippen LogP contribution in [0.15, 0.2) is 18.2 Å². The van der Waals surface area contributed by atoms with Crippen molar-refractivity contribution in [1.82, 2.24) is 0 Å². The van der Waals surface area contributed by atoms with Crippen LogP contribution in [0.4, 0.5) is 0 Å². The molecule has 0 aliphatic carbocycles. The molecule has 15 heavy (non-hydrogen) atoms. The van der Waals surface area contributed by atoms with E-state index in [2.05, 4.69) is 4.52 Å². The molecule has 0 fully saturated rings. The lowest BCUT2D eigenvalue weighted by Gasteiger charge is -2.09. The average Bonchev–Trinajstić information content (AvgIpc) is 2.15. The molecule has 0 amide bonds. The first kappa shape index (κ1) is 13.0. The molecule has 0 aliphatic heterocycles. The molecule has 0 bridgehead atoms. The number of para-hydroxylation sites is 1. The SMILES string of the molecule is OP(O)OCCOc1c(Cl)cccc1Cl. The summed E-state index contributed by atoms with van der Waals surface area (Å²) in [5, 5.41) is 0.801. The molecule has 0 aliphatic rings. The van der Waals surface area contributed by atoms with E-state index in [9.17, 15) is 0 Å². The summed E-state index contributed by atoms with van der Waals surface area (Å²) in [6.45, 7) is 0.198. The molecular formula is C8H9Cl2O4P. The molecule has 0 unspecified atom stereocenters. The summed E-state index contributed by atoms with van der Waals surface area (Å²) >= 11 is 11.7. The molecule has 0 saturated heterocycles. The Balaban J connectivity index is 2.43. The van der Waals surface area contributed by atoms with E-state index in [0.717, 1.165) is 0 Å². The maximum absolute atomic E-state index is 8.45. The van der Waals surface area contributed by atoms with Crippen LogP contribution in [-0.4, -0.2) is 23.0 Å². The number of halogens is 2. The zero-order valence-electron chi connectivity index (χ0n) is 7.56. The molecule has 0 radical (unpaired) electrons. The number of hydrogen-bond donors (Lipinski definition) is 2. The van der Waals surface area contributed by atoms with Crippen molar-refractivity contribution in [3.05, 3.63) is 28.2 Å². The highest BCUT2D eigenvalue weighted by Crippen LogP contribution is 2.32. The first-order chi connectivity index (χ1) is 7.11. The lowest BCUT2D eigenvalue weighted by atomic mass is 10.3. The summed E-state index contributed by atoms with van der Waals surface area (Å²) in [7, 11) is -2.34. The summed E-state index contributed by atoms with van der Waals surface area (Å²) in [6.07, 6.45) is 0. The monoisotopic (exact) mass is 270 g/mol. The predicted octanol–water partition coefficient (Wildman–Crippen LogP) is 2.60. The van der Waals surface area contributed by atoms with Crippen molar-refractivity contribution in [2.75, 3.05) is 13.2 Å². The van der Waals surface area contributed by atoms with Gasteiger partial charge in [-0.25, -0.2) is 0 Å². The van der Waals surface area contributed by atoms with Gasteiger partial charge in [-0.2, -0.15) is 0 Å². The van der Waals surface area contributed by atoms with E-state index in [1.165, 1.54) is 0 Å². The lowest BCUT2D eigenvalue weighted by molar-refractivity contribution is 0.194. The fourth-order valence-electron chi connectivity index (χ4n) is 0.883. The van der Waals surface area contributed by atoms with Gasteiger partial charge in [-0.1, -0.05) is 29.3 Å². The Morgan fingerprint density at radius 1 is 1.13 bits per heavy atom. The van der Waals surface area contributed by atoms with Gasteiger partial charge in [0.2, 0.25) is 0 Å². The maximum Gasteiger partial charge on any atom is 0.327 e. The second kappa shape index (κ2) is 6.48. The van der Waals surface area contributed by atoms with Crippen molar-refractivity contribution in [2.45, 2.75) is 0 Å². The van der Waals surface area contributed by atoms with E-state index in [0.29, 0.717) is 15.8 Å². The van der Waals surface area contributed by atoms with Gasteiger partial charge in [0.25, 0.3) is 0 Å². The van der Waals surface area contributed by atoms with Gasteiger partial charge in [0, 0.05) is 0 Å². The second-order valence-electron chi connectivity index (χ2n) is 2.49. The van der Waals surface area contributed by atoms with E-state index in [1.54, 1.807) is 18.2 Å². The third kappa shape index (κ3) is 4.51. The average molecular weight is 271 g/mol. The molecule has 1 rings (SSSR count). The minimum Gasteiger partial charge on any atom is -0.488 e. The van der Waals surface area contributed by atoms with Crippen molar-refractivity contribution in [1.29, 1.82) is 0 Å². The molecule has 0 saturated carbocycles. The zero-order chi connectivity index (χ0) is 11.3. The van der Waals surface area contributed by atoms with Gasteiger partial charge in [0.05, 0.1) is 16.7 Å². The van der Waals surface area contributed by atoms with Gasteiger partial charge in [-0.3, -0.25) is 0 Å². The first-order valence-electron chi connectivity index (χ1n) is 3.99. The molecular weight excluding hydrogens is 262 g/mol. The summed E-state index contributed by atoms with van der Waals surface area (Å²) in [5.41, 5.74) is 0. The Kier molecular flexibility index (Phi) is 5.61. The quantitative estimate of drug-likeness (QED) is 0.638. The van der Waals surface area contributed by atoms with Crippen LogP contribution in [0.25, 0.3) is 0 Å². The minimum absolute atomic E-state index is 0.0558. The highest BCUT2D eigenvalue weighted by molar-refractivity contribution is 7.39. The Hall–Kier alpha value is -0.0900. The Labute approximate surface area is 98.3 Å². The summed E-state index contributed by atoms with van der Waals surface area (Å²) in [5.74, 6) is 0.365. The van der Waals surface area contributed by atoms with E-state index < -0.39 is 8.60 Å². The molecule has 1 aromatic carbocycles. The van der Waals surface area contributed by atoms with Gasteiger partial charge in [0.15, 0.2) is 5.75 Å². The Bertz CT molecular complexity index is 301. The molecule has 7 heteroatoms. The number of hydrogen-bond acceptors (Lipinski definition) is 4. The largest absolute Gasteiger partial charge is 0.488 e. The van der Waals surface area contributed by atoms with Crippen LogP contribution in [0.1, 0.15) is 0 Å². The Morgan fingerprint density at radius 3 is 2.27 bits per heavy atom. The van der Waals surface area contributed by atoms with Crippen LogP contribution in [0.5, 0.6) is 5.75 Å². The van der Waals surface area contributed by atoms with Crippen molar-refractivity contribution in [3.63, 3.8) is 0 Å². The van der Waals surface area contributed by atoms with Crippen LogP contribution in [0.2, 0.25) is 10.0 Å². The van der Waals surface area contributed by atoms with Gasteiger partial charge >= 0.3 is 8.60 Å². The van der Waals surface area contributed by atoms with E-state index >= 15 is 0 Å². The third-order valence-corrected chi connectivity index (χ3v) is 2.46. The number of ether oxygens (including phenoxy) is 1. The van der Waals surface area contributed by atoms with Crippen molar-refractivity contribution in [2.24, 2.45) is 0 Å². The molecule has 0 aromatic heterocycles. The zero-order valence-corrected chi connectivity index (χ0v) is 9.97. The molecule has 0 atom stereocenters. The minimum atomic E-state index is -2.34. The molecule has 0 heterocycles. The van der Waals surface area contributed by atoms with Crippen LogP contribution < -0.4 is 4.74 Å². The molecule has 2 N–H and O–H groups in total. The molecule has 4 nitrogen and oxygen atoms in total. The normalized spacial score (nSPS) is 10.7. The highest BCUT2D eigenvalue weighted by Gasteiger charge is 2.06. The van der Waals surface area contributed by atoms with Crippen LogP contribution >= 0.6 is 31.8 Å². The topological polar surface area (TPSA) is 58.9 Å². The van der Waals surface area contributed by atoms with E-state index in [-0.39, 0.29) is 13.2 Å². The van der Waals surface area contributed by atoms with Crippen LogP contribution in [-0.2, 0) is 4.52 Å². The van der Waals surface area contributed by atoms with Crippen molar-refractivity contribution in [3.8, 4) is 5.75 Å². The van der Waals surface area contributed by atoms with Gasteiger partial charge in [-0.15, -0.1) is 0 Å². The van der Waals surface area contributed by atoms with Crippen LogP contribution in [0, 0.1) is 0 Å². The smallest absolute Gasteiger partial charge is 0.327 e. The number of benzene rings is 1. The lowest BCUT2D eigenvalue weighted by Crippen LogP contribution is -2.05. The summed E-state index contributed by atoms with van der Waals surface area (Å²) in [4.78, 5) is 16.9.